The molecule has 2 heteroatoms. The second-order valence-electron chi connectivity index (χ2n) is 2.55. The Bertz CT molecular complexity index is 54.5. The van der Waals surface area contributed by atoms with E-state index < -0.39 is 0 Å². The lowest BCUT2D eigenvalue weighted by Crippen LogP contribution is -2.20. The van der Waals surface area contributed by atoms with Gasteiger partial charge >= 0.3 is 0 Å². The van der Waals surface area contributed by atoms with Crippen molar-refractivity contribution < 1.29 is 0 Å². The third kappa shape index (κ3) is 4.84. The predicted octanol–water partition coefficient (Wildman–Crippen LogP) is 1.97. The lowest BCUT2D eigenvalue weighted by molar-refractivity contribution is 0.348. The Kier molecular flexibility index (Phi) is 4.95. The molecule has 0 N–H and O–H groups in total. The van der Waals surface area contributed by atoms with E-state index in [1.165, 1.54) is 6.54 Å². The van der Waals surface area contributed by atoms with Crippen LogP contribution in [0.4, 0.5) is 0 Å². The highest BCUT2D eigenvalue weighted by Gasteiger charge is 1.96. The molecule has 0 radical (unpaired) electrons. The summed E-state index contributed by atoms with van der Waals surface area (Å²) >= 11 is 2.37. The SMILES string of the molecule is CC(C)CN(C)CI. The minimum Gasteiger partial charge on any atom is -0.297 e. The van der Waals surface area contributed by atoms with Crippen molar-refractivity contribution in [2.24, 2.45) is 5.92 Å². The Morgan fingerprint density at radius 1 is 1.50 bits per heavy atom. The maximum absolute atomic E-state index is 2.37. The quantitative estimate of drug-likeness (QED) is 0.404. The number of hydrogen-bond donors (Lipinski definition) is 0. The molecule has 0 heterocycles. The summed E-state index contributed by atoms with van der Waals surface area (Å²) in [5, 5.41) is 0. The van der Waals surface area contributed by atoms with Gasteiger partial charge in [0, 0.05) is 6.54 Å². The van der Waals surface area contributed by atoms with Crippen molar-refractivity contribution in [1.29, 1.82) is 0 Å². The zero-order chi connectivity index (χ0) is 6.57. The van der Waals surface area contributed by atoms with Crippen LogP contribution in [0.15, 0.2) is 0 Å². The van der Waals surface area contributed by atoms with Gasteiger partial charge in [0.15, 0.2) is 0 Å². The Morgan fingerprint density at radius 2 is 2.00 bits per heavy atom. The lowest BCUT2D eigenvalue weighted by atomic mass is 10.2. The molecule has 0 unspecified atom stereocenters. The van der Waals surface area contributed by atoms with Gasteiger partial charge in [-0.3, -0.25) is 4.90 Å². The fraction of sp³-hybridized carbons (Fsp3) is 1.00. The number of alkyl halides is 1. The minimum absolute atomic E-state index is 0.801. The normalized spacial score (nSPS) is 11.2. The molecule has 0 bridgehead atoms. The monoisotopic (exact) mass is 227 g/mol. The summed E-state index contributed by atoms with van der Waals surface area (Å²) in [6.45, 7) is 5.69. The van der Waals surface area contributed by atoms with Crippen LogP contribution < -0.4 is 0 Å². The van der Waals surface area contributed by atoms with Gasteiger partial charge in [-0.2, -0.15) is 0 Å². The van der Waals surface area contributed by atoms with Crippen LogP contribution in [0.5, 0.6) is 0 Å². The molecule has 0 aromatic heterocycles. The van der Waals surface area contributed by atoms with Gasteiger partial charge in [0.1, 0.15) is 0 Å². The van der Waals surface area contributed by atoms with E-state index in [2.05, 4.69) is 48.4 Å². The summed E-state index contributed by atoms with van der Waals surface area (Å²) in [5.74, 6) is 0.801. The van der Waals surface area contributed by atoms with Gasteiger partial charge in [0.05, 0.1) is 4.55 Å². The Labute approximate surface area is 65.6 Å². The fourth-order valence-electron chi connectivity index (χ4n) is 0.672. The molecule has 1 nitrogen and oxygen atoms in total. The Hall–Kier alpha value is 0.690. The van der Waals surface area contributed by atoms with E-state index in [0.717, 1.165) is 10.5 Å². The predicted molar refractivity (Wildman–Crippen MR) is 46.4 cm³/mol. The van der Waals surface area contributed by atoms with Gasteiger partial charge in [-0.1, -0.05) is 36.4 Å². The minimum atomic E-state index is 0.801. The third-order valence-corrected chi connectivity index (χ3v) is 2.05. The van der Waals surface area contributed by atoms with E-state index in [1.54, 1.807) is 0 Å². The van der Waals surface area contributed by atoms with Gasteiger partial charge in [0.25, 0.3) is 0 Å². The van der Waals surface area contributed by atoms with E-state index in [4.69, 9.17) is 0 Å². The van der Waals surface area contributed by atoms with Crippen LogP contribution in [0.25, 0.3) is 0 Å². The summed E-state index contributed by atoms with van der Waals surface area (Å²) in [6.07, 6.45) is 0. The molecule has 0 saturated carbocycles. The van der Waals surface area contributed by atoms with E-state index in [-0.39, 0.29) is 0 Å². The van der Waals surface area contributed by atoms with Crippen molar-refractivity contribution in [2.45, 2.75) is 13.8 Å². The maximum Gasteiger partial charge on any atom is 0.0502 e. The lowest BCUT2D eigenvalue weighted by Gasteiger charge is -2.14. The van der Waals surface area contributed by atoms with Crippen LogP contribution in [0.2, 0.25) is 0 Å². The molecule has 50 valence electrons. The van der Waals surface area contributed by atoms with E-state index >= 15 is 0 Å². The first-order chi connectivity index (χ1) is 3.66. The highest BCUT2D eigenvalue weighted by atomic mass is 127. The summed E-state index contributed by atoms with van der Waals surface area (Å²) in [7, 11) is 2.15. The smallest absolute Gasteiger partial charge is 0.0502 e. The molecule has 0 spiro atoms. The van der Waals surface area contributed by atoms with Gasteiger partial charge in [-0.15, -0.1) is 0 Å². The molecular formula is C6H14IN. The molecule has 0 aromatic rings. The number of rotatable bonds is 3. The fourth-order valence-corrected chi connectivity index (χ4v) is 0.951. The second kappa shape index (κ2) is 4.56. The second-order valence-corrected chi connectivity index (χ2v) is 3.23. The van der Waals surface area contributed by atoms with Crippen LogP contribution in [0, 0.1) is 5.92 Å². The molecule has 0 fully saturated rings. The highest BCUT2D eigenvalue weighted by molar-refractivity contribution is 14.1. The number of halogens is 1. The standard InChI is InChI=1S/C6H14IN/c1-6(2)4-8(3)5-7/h6H,4-5H2,1-3H3. The molecule has 0 rings (SSSR count). The van der Waals surface area contributed by atoms with Gasteiger partial charge in [0.2, 0.25) is 0 Å². The molecule has 0 aliphatic rings. The molecular weight excluding hydrogens is 213 g/mol. The summed E-state index contributed by atoms with van der Waals surface area (Å²) in [6, 6.07) is 0. The average molecular weight is 227 g/mol. The van der Waals surface area contributed by atoms with Crippen molar-refractivity contribution in [1.82, 2.24) is 4.90 Å². The summed E-state index contributed by atoms with van der Waals surface area (Å²) in [4.78, 5) is 2.31. The van der Waals surface area contributed by atoms with Crippen LogP contribution in [0.3, 0.4) is 0 Å². The van der Waals surface area contributed by atoms with Crippen LogP contribution >= 0.6 is 22.6 Å². The van der Waals surface area contributed by atoms with E-state index in [9.17, 15) is 0 Å². The summed E-state index contributed by atoms with van der Waals surface area (Å²) < 4.78 is 1.13. The largest absolute Gasteiger partial charge is 0.297 e. The number of nitrogens with zero attached hydrogens (tertiary/aromatic N) is 1. The van der Waals surface area contributed by atoms with Crippen molar-refractivity contribution in [2.75, 3.05) is 18.1 Å². The van der Waals surface area contributed by atoms with Crippen molar-refractivity contribution in [3.05, 3.63) is 0 Å². The van der Waals surface area contributed by atoms with Gasteiger partial charge in [-0.05, 0) is 13.0 Å². The van der Waals surface area contributed by atoms with Gasteiger partial charge < -0.3 is 0 Å². The Balaban J connectivity index is 3.10. The first-order valence-electron chi connectivity index (χ1n) is 2.91. The zero-order valence-corrected chi connectivity index (χ0v) is 7.97. The van der Waals surface area contributed by atoms with Crippen LogP contribution in [-0.4, -0.2) is 23.0 Å². The molecule has 0 amide bonds. The summed E-state index contributed by atoms with van der Waals surface area (Å²) in [5.41, 5.74) is 0. The van der Waals surface area contributed by atoms with E-state index in [1.807, 2.05) is 0 Å². The highest BCUT2D eigenvalue weighted by Crippen LogP contribution is 1.96. The first kappa shape index (κ1) is 8.69. The molecule has 0 aliphatic carbocycles. The first-order valence-corrected chi connectivity index (χ1v) is 4.44. The molecule has 0 saturated heterocycles. The third-order valence-electron chi connectivity index (χ3n) is 0.881. The zero-order valence-electron chi connectivity index (χ0n) is 5.82. The maximum atomic E-state index is 2.37. The Morgan fingerprint density at radius 3 is 2.12 bits per heavy atom. The van der Waals surface area contributed by atoms with E-state index in [0.29, 0.717) is 0 Å². The molecule has 0 aliphatic heterocycles. The van der Waals surface area contributed by atoms with Crippen LogP contribution in [-0.2, 0) is 0 Å². The van der Waals surface area contributed by atoms with Crippen molar-refractivity contribution >= 4 is 22.6 Å². The van der Waals surface area contributed by atoms with Crippen molar-refractivity contribution in [3.8, 4) is 0 Å². The van der Waals surface area contributed by atoms with Crippen molar-refractivity contribution in [3.63, 3.8) is 0 Å². The number of hydrogen-bond acceptors (Lipinski definition) is 1. The average Bonchev–Trinajstić information content (AvgIpc) is 1.65. The molecule has 8 heavy (non-hydrogen) atoms. The van der Waals surface area contributed by atoms with Crippen LogP contribution in [0.1, 0.15) is 13.8 Å². The molecule has 0 atom stereocenters. The topological polar surface area (TPSA) is 3.24 Å². The van der Waals surface area contributed by atoms with Gasteiger partial charge in [-0.25, -0.2) is 0 Å². The molecule has 0 aromatic carbocycles.